The molecule has 0 spiro atoms. The molecule has 0 atom stereocenters. The number of nitriles is 2. The van der Waals surface area contributed by atoms with Crippen molar-refractivity contribution in [2.45, 2.75) is 71.5 Å². The van der Waals surface area contributed by atoms with Gasteiger partial charge in [0, 0.05) is 26.2 Å². The van der Waals surface area contributed by atoms with Crippen molar-refractivity contribution in [2.24, 2.45) is 0 Å². The quantitative estimate of drug-likeness (QED) is 0.306. The topological polar surface area (TPSA) is 134 Å². The van der Waals surface area contributed by atoms with Crippen molar-refractivity contribution in [1.29, 1.82) is 10.5 Å². The number of nitrogens with one attached hydrogen (secondary N) is 1. The largest absolute Gasteiger partial charge is 0.367 e. The Hall–Kier alpha value is -4.44. The number of hydrogen-bond donors (Lipinski definition) is 1. The molecule has 0 fully saturated rings. The van der Waals surface area contributed by atoms with Crippen LogP contribution in [0.2, 0.25) is 10.0 Å². The third-order valence-corrected chi connectivity index (χ3v) is 8.07. The first kappa shape index (κ1) is 30.0. The molecule has 0 bridgehead atoms. The molecule has 0 radical (unpaired) electrons. The van der Waals surface area contributed by atoms with Crippen LogP contribution in [-0.4, -0.2) is 58.8 Å². The van der Waals surface area contributed by atoms with E-state index in [1.54, 1.807) is 20.5 Å². The lowest BCUT2D eigenvalue weighted by Gasteiger charge is -2.17. The van der Waals surface area contributed by atoms with Crippen LogP contribution in [-0.2, 0) is 25.9 Å². The van der Waals surface area contributed by atoms with Gasteiger partial charge in [0.1, 0.15) is 39.1 Å². The average molecular weight is 620 g/mol. The van der Waals surface area contributed by atoms with Crippen LogP contribution >= 0.6 is 23.2 Å². The first-order valence-corrected chi connectivity index (χ1v) is 14.9. The molecule has 0 aliphatic carbocycles. The van der Waals surface area contributed by atoms with Gasteiger partial charge in [-0.05, 0) is 52.4 Å². The molecular weight excluding hydrogens is 587 g/mol. The molecule has 4 aromatic heterocycles. The number of terminal acetylenes is 1. The fraction of sp³-hybridized carbons (Fsp3) is 0.448. The van der Waals surface area contributed by atoms with Gasteiger partial charge in [0.2, 0.25) is 0 Å². The highest BCUT2D eigenvalue weighted by atomic mass is 35.5. The molecule has 0 unspecified atom stereocenters. The third-order valence-electron chi connectivity index (χ3n) is 7.29. The molecule has 2 aliphatic rings. The minimum absolute atomic E-state index is 0.184. The molecule has 4 aromatic rings. The number of rotatable bonds is 6. The maximum atomic E-state index is 9.29. The zero-order chi connectivity index (χ0) is 30.7. The Labute approximate surface area is 260 Å². The molecule has 2 aliphatic heterocycles. The van der Waals surface area contributed by atoms with Crippen LogP contribution in [0.25, 0.3) is 11.6 Å². The molecule has 6 rings (SSSR count). The van der Waals surface area contributed by atoms with Gasteiger partial charge in [0.15, 0.2) is 17.5 Å². The SMILES string of the molecule is C#CCN(C)c1c(C#N)cnn1-c1nn2c(c1Cl)CCCC2.CC(C)Nc1c(C#N)cnn1-c1nn2c(c1Cl)CCCC2. The highest BCUT2D eigenvalue weighted by Crippen LogP contribution is 2.33. The Morgan fingerprint density at radius 2 is 1.44 bits per heavy atom. The van der Waals surface area contributed by atoms with E-state index < -0.39 is 0 Å². The minimum atomic E-state index is 0.184. The molecule has 12 nitrogen and oxygen atoms in total. The molecule has 0 saturated heterocycles. The number of fused-ring (bicyclic) bond motifs is 2. The Balaban J connectivity index is 0.000000171. The molecule has 0 amide bonds. The zero-order valence-corrected chi connectivity index (χ0v) is 25.9. The second-order valence-corrected chi connectivity index (χ2v) is 11.5. The van der Waals surface area contributed by atoms with Gasteiger partial charge in [-0.1, -0.05) is 29.1 Å². The van der Waals surface area contributed by atoms with Crippen LogP contribution in [0.1, 0.15) is 62.0 Å². The Kier molecular flexibility index (Phi) is 8.96. The highest BCUT2D eigenvalue weighted by molar-refractivity contribution is 6.33. The number of aromatic nitrogens is 8. The Morgan fingerprint density at radius 3 is 1.95 bits per heavy atom. The number of halogens is 2. The maximum Gasteiger partial charge on any atom is 0.196 e. The van der Waals surface area contributed by atoms with Gasteiger partial charge >= 0.3 is 0 Å². The third kappa shape index (κ3) is 5.79. The van der Waals surface area contributed by atoms with Crippen LogP contribution < -0.4 is 10.2 Å². The first-order valence-electron chi connectivity index (χ1n) is 14.2. The van der Waals surface area contributed by atoms with E-state index in [4.69, 9.17) is 29.6 Å². The van der Waals surface area contributed by atoms with Crippen molar-refractivity contribution in [3.05, 3.63) is 45.0 Å². The highest BCUT2D eigenvalue weighted by Gasteiger charge is 2.26. The summed E-state index contributed by atoms with van der Waals surface area (Å²) in [5.41, 5.74) is 3.02. The van der Waals surface area contributed by atoms with E-state index in [0.29, 0.717) is 51.0 Å². The second kappa shape index (κ2) is 12.8. The fourth-order valence-corrected chi connectivity index (χ4v) is 5.93. The monoisotopic (exact) mass is 618 g/mol. The molecule has 6 heterocycles. The normalized spacial score (nSPS) is 13.7. The van der Waals surface area contributed by atoms with Crippen molar-refractivity contribution in [3.8, 4) is 36.1 Å². The minimum Gasteiger partial charge on any atom is -0.367 e. The van der Waals surface area contributed by atoms with Crippen LogP contribution in [0.5, 0.6) is 0 Å². The van der Waals surface area contributed by atoms with Gasteiger partial charge in [0.25, 0.3) is 0 Å². The molecule has 1 N–H and O–H groups in total. The second-order valence-electron chi connectivity index (χ2n) is 10.7. The number of hydrogen-bond acceptors (Lipinski definition) is 8. The molecule has 222 valence electrons. The molecular formula is C29H32Cl2N12. The summed E-state index contributed by atoms with van der Waals surface area (Å²) in [6.07, 6.45) is 14.7. The van der Waals surface area contributed by atoms with Crippen molar-refractivity contribution < 1.29 is 0 Å². The molecule has 14 heteroatoms. The van der Waals surface area contributed by atoms with E-state index in [2.05, 4.69) is 43.8 Å². The van der Waals surface area contributed by atoms with Crippen LogP contribution in [0.3, 0.4) is 0 Å². The van der Waals surface area contributed by atoms with Gasteiger partial charge in [-0.3, -0.25) is 9.36 Å². The predicted octanol–water partition coefficient (Wildman–Crippen LogP) is 4.75. The Morgan fingerprint density at radius 1 is 0.907 bits per heavy atom. The lowest BCUT2D eigenvalue weighted by Crippen LogP contribution is -2.21. The van der Waals surface area contributed by atoms with Crippen molar-refractivity contribution in [3.63, 3.8) is 0 Å². The van der Waals surface area contributed by atoms with E-state index in [0.717, 1.165) is 63.0 Å². The van der Waals surface area contributed by atoms with E-state index in [1.807, 2.05) is 30.3 Å². The van der Waals surface area contributed by atoms with Crippen molar-refractivity contribution >= 4 is 34.8 Å². The summed E-state index contributed by atoms with van der Waals surface area (Å²) in [5.74, 6) is 4.97. The summed E-state index contributed by atoms with van der Waals surface area (Å²) in [6, 6.07) is 4.47. The summed E-state index contributed by atoms with van der Waals surface area (Å²) in [6.45, 7) is 6.13. The van der Waals surface area contributed by atoms with Crippen molar-refractivity contribution in [1.82, 2.24) is 39.1 Å². The molecule has 0 aromatic carbocycles. The number of anilines is 2. The van der Waals surface area contributed by atoms with Crippen LogP contribution in [0.4, 0.5) is 11.6 Å². The average Bonchev–Trinajstić information content (AvgIpc) is 3.77. The summed E-state index contributed by atoms with van der Waals surface area (Å²) >= 11 is 13.0. The van der Waals surface area contributed by atoms with Crippen molar-refractivity contribution in [2.75, 3.05) is 23.8 Å². The van der Waals surface area contributed by atoms with Crippen LogP contribution in [0.15, 0.2) is 12.4 Å². The van der Waals surface area contributed by atoms with E-state index in [-0.39, 0.29) is 6.04 Å². The van der Waals surface area contributed by atoms with Gasteiger partial charge in [-0.15, -0.1) is 6.42 Å². The fourth-order valence-electron chi connectivity index (χ4n) is 5.31. The lowest BCUT2D eigenvalue weighted by molar-refractivity contribution is 0.484. The first-order chi connectivity index (χ1) is 20.8. The smallest absolute Gasteiger partial charge is 0.196 e. The van der Waals surface area contributed by atoms with Gasteiger partial charge in [0.05, 0.1) is 30.3 Å². The maximum absolute atomic E-state index is 9.29. The summed E-state index contributed by atoms with van der Waals surface area (Å²) < 4.78 is 7.11. The van der Waals surface area contributed by atoms with Gasteiger partial charge < -0.3 is 10.2 Å². The zero-order valence-electron chi connectivity index (χ0n) is 24.3. The summed E-state index contributed by atoms with van der Waals surface area (Å²) in [5, 5.41) is 40.7. The predicted molar refractivity (Wildman–Crippen MR) is 165 cm³/mol. The van der Waals surface area contributed by atoms with E-state index in [9.17, 15) is 10.5 Å². The standard InChI is InChI=1S/C15H15ClN6.C14H17ClN6/c1-3-7-20(2)15-11(9-17)10-18-22(15)14-13(16)12-6-4-5-8-21(12)19-14;1-9(2)18-13-10(7-16)8-17-21(13)14-12(15)11-5-3-4-6-20(11)19-14/h1,10H,4-8H2,2H3;8-9,18H,3-6H2,1-2H3. The van der Waals surface area contributed by atoms with E-state index >= 15 is 0 Å². The summed E-state index contributed by atoms with van der Waals surface area (Å²) in [4.78, 5) is 1.79. The van der Waals surface area contributed by atoms with Crippen LogP contribution in [0, 0.1) is 35.0 Å². The molecule has 43 heavy (non-hydrogen) atoms. The van der Waals surface area contributed by atoms with E-state index in [1.165, 1.54) is 6.20 Å². The lowest BCUT2D eigenvalue weighted by atomic mass is 10.1. The summed E-state index contributed by atoms with van der Waals surface area (Å²) in [7, 11) is 1.82. The number of aryl methyl sites for hydroxylation is 2. The number of nitrogens with zero attached hydrogens (tertiary/aromatic N) is 11. The molecule has 0 saturated carbocycles. The van der Waals surface area contributed by atoms with Gasteiger partial charge in [-0.25, -0.2) is 0 Å². The Bertz CT molecular complexity index is 1750. The van der Waals surface area contributed by atoms with Gasteiger partial charge in [-0.2, -0.15) is 40.3 Å².